The molecule has 1 aliphatic rings. The van der Waals surface area contributed by atoms with Crippen molar-refractivity contribution in [1.29, 1.82) is 0 Å². The van der Waals surface area contributed by atoms with Crippen molar-refractivity contribution in [2.75, 3.05) is 12.3 Å². The summed E-state index contributed by atoms with van der Waals surface area (Å²) in [6, 6.07) is 7.99. The molecule has 0 saturated carbocycles. The number of benzene rings is 1. The molecular weight excluding hydrogens is 248 g/mol. The summed E-state index contributed by atoms with van der Waals surface area (Å²) in [5.74, 6) is 0.113. The predicted molar refractivity (Wildman–Crippen MR) is 72.7 cm³/mol. The second-order valence-corrected chi connectivity index (χ2v) is 6.60. The maximum atomic E-state index is 11.9. The van der Waals surface area contributed by atoms with E-state index in [0.717, 1.165) is 24.8 Å². The largest absolute Gasteiger partial charge is 0.330 e. The van der Waals surface area contributed by atoms with Crippen molar-refractivity contribution in [2.45, 2.75) is 31.7 Å². The number of sulfonamides is 1. The van der Waals surface area contributed by atoms with Gasteiger partial charge in [-0.25, -0.2) is 13.1 Å². The average Bonchev–Trinajstić information content (AvgIpc) is 2.37. The van der Waals surface area contributed by atoms with Crippen LogP contribution < -0.4 is 10.5 Å². The van der Waals surface area contributed by atoms with Gasteiger partial charge in [0.25, 0.3) is 0 Å². The van der Waals surface area contributed by atoms with Crippen LogP contribution in [0.25, 0.3) is 0 Å². The van der Waals surface area contributed by atoms with Crippen LogP contribution in [0.4, 0.5) is 0 Å². The van der Waals surface area contributed by atoms with Crippen LogP contribution in [0.5, 0.6) is 0 Å². The molecule has 0 saturated heterocycles. The highest BCUT2D eigenvalue weighted by atomic mass is 32.2. The van der Waals surface area contributed by atoms with Gasteiger partial charge >= 0.3 is 0 Å². The number of nitrogens with two attached hydrogens (primary N) is 1. The Labute approximate surface area is 109 Å². The quantitative estimate of drug-likeness (QED) is 0.846. The summed E-state index contributed by atoms with van der Waals surface area (Å²) in [4.78, 5) is 0. The van der Waals surface area contributed by atoms with Crippen molar-refractivity contribution >= 4 is 10.0 Å². The summed E-state index contributed by atoms with van der Waals surface area (Å²) >= 11 is 0. The smallest absolute Gasteiger partial charge is 0.212 e. The van der Waals surface area contributed by atoms with Crippen molar-refractivity contribution < 1.29 is 8.42 Å². The van der Waals surface area contributed by atoms with Gasteiger partial charge in [0, 0.05) is 6.04 Å². The number of rotatable bonds is 5. The van der Waals surface area contributed by atoms with Gasteiger partial charge in [-0.3, -0.25) is 0 Å². The molecule has 1 atom stereocenters. The van der Waals surface area contributed by atoms with E-state index < -0.39 is 10.0 Å². The predicted octanol–water partition coefficient (Wildman–Crippen LogP) is 1.33. The second-order valence-electron chi connectivity index (χ2n) is 4.72. The number of aryl methyl sites for hydroxylation is 1. The molecule has 0 heterocycles. The minimum absolute atomic E-state index is 0.0716. The molecular formula is C13H20N2O2S. The van der Waals surface area contributed by atoms with Gasteiger partial charge in [0.2, 0.25) is 10.0 Å². The lowest BCUT2D eigenvalue weighted by Crippen LogP contribution is -2.33. The van der Waals surface area contributed by atoms with Crippen LogP contribution in [0, 0.1) is 0 Å². The first kappa shape index (κ1) is 13.5. The van der Waals surface area contributed by atoms with Crippen LogP contribution in [0.1, 0.15) is 36.4 Å². The minimum atomic E-state index is -3.22. The molecule has 100 valence electrons. The van der Waals surface area contributed by atoms with Crippen molar-refractivity contribution in [2.24, 2.45) is 5.73 Å². The zero-order valence-corrected chi connectivity index (χ0v) is 11.2. The van der Waals surface area contributed by atoms with Crippen LogP contribution in [0.2, 0.25) is 0 Å². The fraction of sp³-hybridized carbons (Fsp3) is 0.538. The lowest BCUT2D eigenvalue weighted by Gasteiger charge is -2.26. The zero-order valence-electron chi connectivity index (χ0n) is 10.4. The summed E-state index contributed by atoms with van der Waals surface area (Å²) in [6.07, 6.45) is 3.45. The van der Waals surface area contributed by atoms with Gasteiger partial charge in [0.05, 0.1) is 5.75 Å². The van der Waals surface area contributed by atoms with Gasteiger partial charge < -0.3 is 5.73 Å². The number of fused-ring (bicyclic) bond motifs is 1. The maximum Gasteiger partial charge on any atom is 0.212 e. The van der Waals surface area contributed by atoms with E-state index >= 15 is 0 Å². The molecule has 18 heavy (non-hydrogen) atoms. The molecule has 0 aliphatic heterocycles. The third kappa shape index (κ3) is 3.31. The molecule has 0 amide bonds. The Morgan fingerprint density at radius 1 is 1.33 bits per heavy atom. The average molecular weight is 268 g/mol. The summed E-state index contributed by atoms with van der Waals surface area (Å²) in [5, 5.41) is 0. The zero-order chi connectivity index (χ0) is 13.0. The van der Waals surface area contributed by atoms with E-state index in [1.807, 2.05) is 18.2 Å². The van der Waals surface area contributed by atoms with Gasteiger partial charge in [-0.05, 0) is 43.4 Å². The maximum absolute atomic E-state index is 11.9. The van der Waals surface area contributed by atoms with Gasteiger partial charge in [0.15, 0.2) is 0 Å². The summed E-state index contributed by atoms with van der Waals surface area (Å²) < 4.78 is 26.6. The molecule has 3 N–H and O–H groups in total. The number of nitrogens with one attached hydrogen (secondary N) is 1. The minimum Gasteiger partial charge on any atom is -0.330 e. The van der Waals surface area contributed by atoms with Gasteiger partial charge in [-0.1, -0.05) is 24.3 Å². The van der Waals surface area contributed by atoms with E-state index in [2.05, 4.69) is 10.8 Å². The molecule has 0 radical (unpaired) electrons. The Balaban J connectivity index is 2.12. The van der Waals surface area contributed by atoms with E-state index in [-0.39, 0.29) is 11.8 Å². The molecule has 0 fully saturated rings. The third-order valence-corrected chi connectivity index (χ3v) is 4.78. The standard InChI is InChI=1S/C13H20N2O2S/c14-9-4-10-18(16,17)15-13-8-3-6-11-5-1-2-7-12(11)13/h1-2,5,7,13,15H,3-4,6,8-10,14H2. The molecule has 2 rings (SSSR count). The highest BCUT2D eigenvalue weighted by Crippen LogP contribution is 2.29. The van der Waals surface area contributed by atoms with Crippen molar-refractivity contribution in [1.82, 2.24) is 4.72 Å². The summed E-state index contributed by atoms with van der Waals surface area (Å²) in [7, 11) is -3.22. The summed E-state index contributed by atoms with van der Waals surface area (Å²) in [5.41, 5.74) is 7.74. The topological polar surface area (TPSA) is 72.2 Å². The lowest BCUT2D eigenvalue weighted by molar-refractivity contribution is 0.506. The number of hydrogen-bond acceptors (Lipinski definition) is 3. The normalized spacial score (nSPS) is 19.5. The van der Waals surface area contributed by atoms with Crippen LogP contribution in [-0.4, -0.2) is 20.7 Å². The molecule has 1 aromatic rings. The van der Waals surface area contributed by atoms with E-state index in [9.17, 15) is 8.42 Å². The molecule has 0 aromatic heterocycles. The Kier molecular flexibility index (Phi) is 4.37. The van der Waals surface area contributed by atoms with Crippen LogP contribution >= 0.6 is 0 Å². The van der Waals surface area contributed by atoms with E-state index in [1.165, 1.54) is 5.56 Å². The van der Waals surface area contributed by atoms with E-state index in [0.29, 0.717) is 13.0 Å². The Hall–Kier alpha value is -0.910. The monoisotopic (exact) mass is 268 g/mol. The summed E-state index contributed by atoms with van der Waals surface area (Å²) in [6.45, 7) is 0.405. The van der Waals surface area contributed by atoms with Gasteiger partial charge in [-0.2, -0.15) is 0 Å². The Morgan fingerprint density at radius 3 is 2.89 bits per heavy atom. The Bertz CT molecular complexity index is 499. The third-order valence-electron chi connectivity index (χ3n) is 3.31. The highest BCUT2D eigenvalue weighted by molar-refractivity contribution is 7.89. The van der Waals surface area contributed by atoms with E-state index in [4.69, 9.17) is 5.73 Å². The van der Waals surface area contributed by atoms with Crippen molar-refractivity contribution in [3.63, 3.8) is 0 Å². The number of hydrogen-bond donors (Lipinski definition) is 2. The van der Waals surface area contributed by atoms with Crippen LogP contribution in [0.3, 0.4) is 0 Å². The molecule has 0 spiro atoms. The van der Waals surface area contributed by atoms with Crippen LogP contribution in [0.15, 0.2) is 24.3 Å². The SMILES string of the molecule is NCCCS(=O)(=O)NC1CCCc2ccccc21. The molecule has 1 unspecified atom stereocenters. The van der Waals surface area contributed by atoms with Gasteiger partial charge in [0.1, 0.15) is 0 Å². The fourth-order valence-electron chi connectivity index (χ4n) is 2.43. The molecule has 5 heteroatoms. The van der Waals surface area contributed by atoms with Crippen molar-refractivity contribution in [3.8, 4) is 0 Å². The molecule has 4 nitrogen and oxygen atoms in total. The second kappa shape index (κ2) is 5.82. The lowest BCUT2D eigenvalue weighted by atomic mass is 9.88. The first-order chi connectivity index (χ1) is 8.62. The van der Waals surface area contributed by atoms with Crippen LogP contribution in [-0.2, 0) is 16.4 Å². The fourth-order valence-corrected chi connectivity index (χ4v) is 3.77. The first-order valence-corrected chi connectivity index (χ1v) is 8.05. The van der Waals surface area contributed by atoms with Crippen molar-refractivity contribution in [3.05, 3.63) is 35.4 Å². The van der Waals surface area contributed by atoms with E-state index in [1.54, 1.807) is 0 Å². The molecule has 1 aliphatic carbocycles. The Morgan fingerprint density at radius 2 is 2.11 bits per heavy atom. The molecule has 1 aromatic carbocycles. The van der Waals surface area contributed by atoms with Gasteiger partial charge in [-0.15, -0.1) is 0 Å². The highest BCUT2D eigenvalue weighted by Gasteiger charge is 2.23. The molecule has 0 bridgehead atoms. The first-order valence-electron chi connectivity index (χ1n) is 6.40.